The number of hydrogen-bond acceptors (Lipinski definition) is 7. The molecule has 5 aromatic rings. The fraction of sp³-hybridized carbons (Fsp3) is 0.345. The summed E-state index contributed by atoms with van der Waals surface area (Å²) in [4.78, 5) is 28.4. The molecule has 1 saturated carbocycles. The van der Waals surface area contributed by atoms with Crippen LogP contribution in [0.25, 0.3) is 33.8 Å². The van der Waals surface area contributed by atoms with Gasteiger partial charge in [-0.05, 0) is 54.9 Å². The normalized spacial score (nSPS) is 18.5. The average molecular weight is 545 g/mol. The van der Waals surface area contributed by atoms with Crippen LogP contribution in [0.1, 0.15) is 55.7 Å². The Kier molecular flexibility index (Phi) is 6.78. The van der Waals surface area contributed by atoms with E-state index in [0.717, 1.165) is 35.4 Å². The van der Waals surface area contributed by atoms with E-state index < -0.39 is 11.9 Å². The minimum Gasteiger partial charge on any atom is -0.380 e. The predicted molar refractivity (Wildman–Crippen MR) is 148 cm³/mol. The van der Waals surface area contributed by atoms with E-state index in [1.165, 1.54) is 12.8 Å². The number of aryl methyl sites for hydroxylation is 1. The van der Waals surface area contributed by atoms with Crippen LogP contribution < -0.4 is 5.76 Å². The Morgan fingerprint density at radius 3 is 2.67 bits per heavy atom. The highest BCUT2D eigenvalue weighted by atomic mass is 35.5. The van der Waals surface area contributed by atoms with E-state index in [1.54, 1.807) is 24.5 Å². The number of aromatic nitrogens is 6. The number of hydrogen-bond donors (Lipinski definition) is 2. The number of nitrogens with one attached hydrogen (secondary N) is 1. The van der Waals surface area contributed by atoms with Crippen molar-refractivity contribution >= 4 is 22.6 Å². The van der Waals surface area contributed by atoms with Crippen LogP contribution >= 0.6 is 11.6 Å². The van der Waals surface area contributed by atoms with Gasteiger partial charge in [0.05, 0.1) is 21.7 Å². The fourth-order valence-corrected chi connectivity index (χ4v) is 5.75. The molecule has 0 bridgehead atoms. The van der Waals surface area contributed by atoms with Crippen LogP contribution in [-0.2, 0) is 6.54 Å². The van der Waals surface area contributed by atoms with Crippen LogP contribution in [0.2, 0.25) is 5.02 Å². The molecular formula is C29H29ClN6O3. The van der Waals surface area contributed by atoms with Gasteiger partial charge in [-0.25, -0.2) is 14.8 Å². The van der Waals surface area contributed by atoms with Crippen LogP contribution in [-0.4, -0.2) is 34.8 Å². The molecule has 1 atom stereocenters. The summed E-state index contributed by atoms with van der Waals surface area (Å²) >= 11 is 6.34. The van der Waals surface area contributed by atoms with Gasteiger partial charge >= 0.3 is 5.76 Å². The predicted octanol–water partition coefficient (Wildman–Crippen LogP) is 5.71. The Hall–Kier alpha value is -3.82. The van der Waals surface area contributed by atoms with Crippen LogP contribution in [0.15, 0.2) is 58.1 Å². The van der Waals surface area contributed by atoms with Crippen molar-refractivity contribution in [3.63, 3.8) is 0 Å². The molecule has 1 aliphatic carbocycles. The molecule has 0 radical (unpaired) electrons. The van der Waals surface area contributed by atoms with Crippen molar-refractivity contribution in [1.82, 2.24) is 29.7 Å². The lowest BCUT2D eigenvalue weighted by molar-refractivity contribution is 0.197. The molecule has 0 amide bonds. The van der Waals surface area contributed by atoms with E-state index in [2.05, 4.69) is 26.6 Å². The van der Waals surface area contributed by atoms with Crippen molar-refractivity contribution in [2.75, 3.05) is 0 Å². The molecular weight excluding hydrogens is 516 g/mol. The topological polar surface area (TPSA) is 123 Å². The minimum absolute atomic E-state index is 0.190. The van der Waals surface area contributed by atoms with Crippen LogP contribution in [0.3, 0.4) is 0 Å². The van der Waals surface area contributed by atoms with E-state index in [-0.39, 0.29) is 5.82 Å². The Morgan fingerprint density at radius 2 is 1.95 bits per heavy atom. The van der Waals surface area contributed by atoms with Gasteiger partial charge in [-0.1, -0.05) is 60.8 Å². The summed E-state index contributed by atoms with van der Waals surface area (Å²) < 4.78 is 6.86. The van der Waals surface area contributed by atoms with Gasteiger partial charge in [0.1, 0.15) is 17.6 Å². The first-order valence-corrected chi connectivity index (χ1v) is 13.6. The second-order valence-electron chi connectivity index (χ2n) is 10.5. The molecule has 4 heterocycles. The third kappa shape index (κ3) is 4.99. The number of rotatable bonds is 6. The molecule has 2 N–H and O–H groups in total. The summed E-state index contributed by atoms with van der Waals surface area (Å²) in [7, 11) is 0. The molecule has 4 aromatic heterocycles. The highest BCUT2D eigenvalue weighted by molar-refractivity contribution is 6.30. The molecule has 1 unspecified atom stereocenters. The zero-order valence-electron chi connectivity index (χ0n) is 21.8. The van der Waals surface area contributed by atoms with Gasteiger partial charge < -0.3 is 9.67 Å². The van der Waals surface area contributed by atoms with E-state index >= 15 is 0 Å². The molecule has 1 fully saturated rings. The van der Waals surface area contributed by atoms with Crippen molar-refractivity contribution in [3.8, 4) is 22.8 Å². The second-order valence-corrected chi connectivity index (χ2v) is 11.0. The number of benzene rings is 1. The summed E-state index contributed by atoms with van der Waals surface area (Å²) in [6.07, 6.45) is 6.90. The molecule has 0 saturated heterocycles. The maximum absolute atomic E-state index is 11.7. The molecule has 9 nitrogen and oxygen atoms in total. The summed E-state index contributed by atoms with van der Waals surface area (Å²) in [6.45, 7) is 4.99. The third-order valence-electron chi connectivity index (χ3n) is 7.72. The van der Waals surface area contributed by atoms with Crippen molar-refractivity contribution in [2.24, 2.45) is 11.8 Å². The van der Waals surface area contributed by atoms with Crippen LogP contribution in [0.5, 0.6) is 0 Å². The van der Waals surface area contributed by atoms with Gasteiger partial charge in [0.25, 0.3) is 0 Å². The van der Waals surface area contributed by atoms with Gasteiger partial charge in [0, 0.05) is 24.5 Å². The summed E-state index contributed by atoms with van der Waals surface area (Å²) in [6, 6.07) is 11.3. The van der Waals surface area contributed by atoms with E-state index in [9.17, 15) is 9.90 Å². The van der Waals surface area contributed by atoms with E-state index in [4.69, 9.17) is 26.1 Å². The largest absolute Gasteiger partial charge is 0.439 e. The maximum atomic E-state index is 11.7. The lowest BCUT2D eigenvalue weighted by Crippen LogP contribution is -2.20. The number of aliphatic hydroxyl groups is 1. The quantitative estimate of drug-likeness (QED) is 0.281. The van der Waals surface area contributed by atoms with Gasteiger partial charge in [0.2, 0.25) is 5.82 Å². The Balaban J connectivity index is 1.60. The first-order chi connectivity index (χ1) is 18.9. The number of imidazole rings is 1. The molecule has 0 aliphatic heterocycles. The fourth-order valence-electron chi connectivity index (χ4n) is 5.57. The number of aromatic amines is 1. The standard InChI is InChI=1S/C29H29ClN6O3/c1-16-7-9-18(10-8-16)15-36-25-22(33-28(36)26(37)21-6-4-3-5-17(21)2)12-23(27-34-29(38)39-35-27)32-24(25)19-11-20(30)14-31-13-19/h3-6,11-14,16,18,26,37H,7-10,15H2,1-2H3,(H,34,35,38). The zero-order chi connectivity index (χ0) is 27.1. The number of aliphatic hydroxyl groups excluding tert-OH is 1. The first kappa shape index (κ1) is 25.5. The highest BCUT2D eigenvalue weighted by Crippen LogP contribution is 2.37. The Labute approximate surface area is 229 Å². The smallest absolute Gasteiger partial charge is 0.380 e. The molecule has 1 aromatic carbocycles. The summed E-state index contributed by atoms with van der Waals surface area (Å²) in [5, 5.41) is 16.0. The lowest BCUT2D eigenvalue weighted by Gasteiger charge is -2.28. The molecule has 200 valence electrons. The zero-order valence-corrected chi connectivity index (χ0v) is 22.5. The second kappa shape index (κ2) is 10.4. The first-order valence-electron chi connectivity index (χ1n) is 13.2. The number of pyridine rings is 2. The van der Waals surface area contributed by atoms with Crippen molar-refractivity contribution in [2.45, 2.75) is 52.2 Å². The molecule has 39 heavy (non-hydrogen) atoms. The average Bonchev–Trinajstić information content (AvgIpc) is 3.53. The van der Waals surface area contributed by atoms with Crippen molar-refractivity contribution in [1.29, 1.82) is 0 Å². The molecule has 1 aliphatic rings. The molecule has 6 rings (SSSR count). The highest BCUT2D eigenvalue weighted by Gasteiger charge is 2.28. The summed E-state index contributed by atoms with van der Waals surface area (Å²) in [5.41, 5.74) is 4.83. The van der Waals surface area contributed by atoms with E-state index in [1.807, 2.05) is 31.2 Å². The van der Waals surface area contributed by atoms with Gasteiger partial charge in [-0.3, -0.25) is 14.5 Å². The molecule has 0 spiro atoms. The monoisotopic (exact) mass is 544 g/mol. The SMILES string of the molecule is Cc1ccccc1C(O)c1nc2cc(-c3noc(=O)[nH]3)nc(-c3cncc(Cl)c3)c2n1CC1CCC(C)CC1. The lowest BCUT2D eigenvalue weighted by atomic mass is 9.83. The van der Waals surface area contributed by atoms with Gasteiger partial charge in [-0.2, -0.15) is 0 Å². The maximum Gasteiger partial charge on any atom is 0.439 e. The number of halogens is 1. The Bertz CT molecular complexity index is 1700. The molecule has 10 heteroatoms. The van der Waals surface area contributed by atoms with Crippen LogP contribution in [0.4, 0.5) is 0 Å². The van der Waals surface area contributed by atoms with Gasteiger partial charge in [0.15, 0.2) is 0 Å². The van der Waals surface area contributed by atoms with Crippen molar-refractivity contribution < 1.29 is 9.63 Å². The third-order valence-corrected chi connectivity index (χ3v) is 7.93. The Morgan fingerprint density at radius 1 is 1.15 bits per heavy atom. The number of H-pyrrole nitrogens is 1. The number of fused-ring (bicyclic) bond motifs is 1. The van der Waals surface area contributed by atoms with E-state index in [0.29, 0.717) is 45.8 Å². The van der Waals surface area contributed by atoms with Crippen molar-refractivity contribution in [3.05, 3.63) is 81.3 Å². The van der Waals surface area contributed by atoms with Crippen LogP contribution in [0, 0.1) is 18.8 Å². The minimum atomic E-state index is -0.943. The van der Waals surface area contributed by atoms with Gasteiger partial charge in [-0.15, -0.1) is 0 Å². The number of nitrogens with zero attached hydrogens (tertiary/aromatic N) is 5. The summed E-state index contributed by atoms with van der Waals surface area (Å²) in [5.74, 6) is 1.22.